The van der Waals surface area contributed by atoms with Gasteiger partial charge in [-0.25, -0.2) is 4.79 Å². The van der Waals surface area contributed by atoms with E-state index in [9.17, 15) is 4.79 Å². The fourth-order valence-electron chi connectivity index (χ4n) is 1.10. The summed E-state index contributed by atoms with van der Waals surface area (Å²) in [4.78, 5) is 12.7. The molecule has 0 aliphatic rings. The summed E-state index contributed by atoms with van der Waals surface area (Å²) in [5, 5.41) is 0. The molecule has 0 radical (unpaired) electrons. The van der Waals surface area contributed by atoms with Crippen molar-refractivity contribution >= 4 is 6.03 Å². The molecular weight excluding hydrogens is 152 g/mol. The van der Waals surface area contributed by atoms with E-state index in [-0.39, 0.29) is 12.1 Å². The zero-order valence-electron chi connectivity index (χ0n) is 8.34. The molecule has 72 valence electrons. The lowest BCUT2D eigenvalue weighted by Crippen LogP contribution is -2.42. The second-order valence-electron chi connectivity index (χ2n) is 3.14. The van der Waals surface area contributed by atoms with Gasteiger partial charge in [0.1, 0.15) is 0 Å². The Balaban J connectivity index is 3.94. The third kappa shape index (κ3) is 3.60. The molecule has 1 atom stereocenters. The highest BCUT2D eigenvalue weighted by Crippen LogP contribution is 2.04. The van der Waals surface area contributed by atoms with E-state index in [0.29, 0.717) is 0 Å². The van der Waals surface area contributed by atoms with Crippen molar-refractivity contribution in [2.45, 2.75) is 46.1 Å². The Hall–Kier alpha value is -0.730. The summed E-state index contributed by atoms with van der Waals surface area (Å²) in [6, 6.07) is -0.0214. The maximum Gasteiger partial charge on any atom is 0.315 e. The second-order valence-corrected chi connectivity index (χ2v) is 3.14. The zero-order chi connectivity index (χ0) is 9.56. The van der Waals surface area contributed by atoms with Crippen LogP contribution in [0, 0.1) is 0 Å². The number of carbonyl (C=O) groups excluding carboxylic acids is 1. The molecule has 0 heterocycles. The average molecular weight is 172 g/mol. The Kier molecular flexibility index (Phi) is 5.51. The number of amides is 2. The van der Waals surface area contributed by atoms with E-state index in [1.54, 1.807) is 4.90 Å². The largest absolute Gasteiger partial charge is 0.351 e. The van der Waals surface area contributed by atoms with Crippen molar-refractivity contribution in [2.75, 3.05) is 6.54 Å². The Labute approximate surface area is 74.9 Å². The van der Waals surface area contributed by atoms with Crippen LogP contribution >= 0.6 is 0 Å². The number of unbranched alkanes of at least 4 members (excludes halogenated alkanes) is 1. The minimum absolute atomic E-state index is 0.272. The topological polar surface area (TPSA) is 46.3 Å². The highest BCUT2D eigenvalue weighted by molar-refractivity contribution is 5.72. The van der Waals surface area contributed by atoms with Crippen LogP contribution in [-0.2, 0) is 0 Å². The molecule has 1 unspecified atom stereocenters. The number of rotatable bonds is 5. The highest BCUT2D eigenvalue weighted by atomic mass is 16.2. The molecular formula is C9H20N2O. The van der Waals surface area contributed by atoms with Gasteiger partial charge in [-0.15, -0.1) is 0 Å². The number of carbonyl (C=O) groups is 1. The molecule has 0 aliphatic heterocycles. The van der Waals surface area contributed by atoms with Crippen LogP contribution in [0.25, 0.3) is 0 Å². The van der Waals surface area contributed by atoms with Gasteiger partial charge in [0.15, 0.2) is 0 Å². The smallest absolute Gasteiger partial charge is 0.315 e. The summed E-state index contributed by atoms with van der Waals surface area (Å²) >= 11 is 0. The minimum Gasteiger partial charge on any atom is -0.351 e. The van der Waals surface area contributed by atoms with E-state index in [1.165, 1.54) is 0 Å². The molecule has 0 saturated heterocycles. The van der Waals surface area contributed by atoms with E-state index in [4.69, 9.17) is 5.73 Å². The third-order valence-electron chi connectivity index (χ3n) is 2.16. The minimum atomic E-state index is -0.294. The monoisotopic (exact) mass is 172 g/mol. The molecule has 0 aromatic carbocycles. The standard InChI is InChI=1S/C9H20N2O/c1-4-6-7-11(9(10)12)8(3)5-2/h8H,4-7H2,1-3H3,(H2,10,12). The molecule has 0 fully saturated rings. The molecule has 0 aliphatic carbocycles. The molecule has 0 aromatic rings. The van der Waals surface area contributed by atoms with Crippen molar-refractivity contribution in [3.05, 3.63) is 0 Å². The highest BCUT2D eigenvalue weighted by Gasteiger charge is 2.14. The van der Waals surface area contributed by atoms with Gasteiger partial charge < -0.3 is 10.6 Å². The summed E-state index contributed by atoms with van der Waals surface area (Å²) in [5.41, 5.74) is 5.24. The van der Waals surface area contributed by atoms with E-state index >= 15 is 0 Å². The quantitative estimate of drug-likeness (QED) is 0.677. The fraction of sp³-hybridized carbons (Fsp3) is 0.889. The molecule has 0 saturated carbocycles. The first-order valence-corrected chi connectivity index (χ1v) is 4.69. The van der Waals surface area contributed by atoms with Crippen molar-refractivity contribution in [3.63, 3.8) is 0 Å². The van der Waals surface area contributed by atoms with Crippen molar-refractivity contribution in [3.8, 4) is 0 Å². The van der Waals surface area contributed by atoms with Crippen LogP contribution in [0.2, 0.25) is 0 Å². The number of hydrogen-bond donors (Lipinski definition) is 1. The van der Waals surface area contributed by atoms with Crippen LogP contribution in [0.15, 0.2) is 0 Å². The first-order valence-electron chi connectivity index (χ1n) is 4.69. The first kappa shape index (κ1) is 11.3. The van der Waals surface area contributed by atoms with Crippen molar-refractivity contribution < 1.29 is 4.79 Å². The van der Waals surface area contributed by atoms with E-state index in [1.807, 2.05) is 6.92 Å². The lowest BCUT2D eigenvalue weighted by molar-refractivity contribution is 0.185. The average Bonchev–Trinajstić information content (AvgIpc) is 2.04. The van der Waals surface area contributed by atoms with Gasteiger partial charge in [0.2, 0.25) is 0 Å². The van der Waals surface area contributed by atoms with Gasteiger partial charge in [0, 0.05) is 12.6 Å². The Bertz CT molecular complexity index is 136. The van der Waals surface area contributed by atoms with Gasteiger partial charge in [-0.1, -0.05) is 20.3 Å². The normalized spacial score (nSPS) is 12.6. The molecule has 0 spiro atoms. The van der Waals surface area contributed by atoms with E-state index in [0.717, 1.165) is 25.8 Å². The summed E-state index contributed by atoms with van der Waals surface area (Å²) in [7, 11) is 0. The Morgan fingerprint density at radius 3 is 2.42 bits per heavy atom. The van der Waals surface area contributed by atoms with Gasteiger partial charge in [-0.05, 0) is 19.8 Å². The summed E-state index contributed by atoms with van der Waals surface area (Å²) in [5.74, 6) is 0. The molecule has 0 rings (SSSR count). The number of urea groups is 1. The van der Waals surface area contributed by atoms with Gasteiger partial charge >= 0.3 is 6.03 Å². The first-order chi connectivity index (χ1) is 5.63. The van der Waals surface area contributed by atoms with Crippen LogP contribution in [0.4, 0.5) is 4.79 Å². The van der Waals surface area contributed by atoms with Crippen molar-refractivity contribution in [1.29, 1.82) is 0 Å². The predicted molar refractivity (Wildman–Crippen MR) is 51.0 cm³/mol. The van der Waals surface area contributed by atoms with Crippen LogP contribution in [0.3, 0.4) is 0 Å². The fourth-order valence-corrected chi connectivity index (χ4v) is 1.10. The van der Waals surface area contributed by atoms with Crippen molar-refractivity contribution in [2.24, 2.45) is 5.73 Å². The SMILES string of the molecule is CCCCN(C(N)=O)C(C)CC. The van der Waals surface area contributed by atoms with Gasteiger partial charge in [0.25, 0.3) is 0 Å². The predicted octanol–water partition coefficient (Wildman–Crippen LogP) is 1.97. The third-order valence-corrected chi connectivity index (χ3v) is 2.16. The summed E-state index contributed by atoms with van der Waals surface area (Å²) < 4.78 is 0. The molecule has 0 aromatic heterocycles. The van der Waals surface area contributed by atoms with Crippen LogP contribution in [-0.4, -0.2) is 23.5 Å². The maximum atomic E-state index is 11.0. The lowest BCUT2D eigenvalue weighted by atomic mass is 10.2. The molecule has 3 nitrogen and oxygen atoms in total. The van der Waals surface area contributed by atoms with Crippen LogP contribution < -0.4 is 5.73 Å². The lowest BCUT2D eigenvalue weighted by Gasteiger charge is -2.26. The summed E-state index contributed by atoms with van der Waals surface area (Å²) in [6.07, 6.45) is 3.10. The second kappa shape index (κ2) is 5.86. The van der Waals surface area contributed by atoms with Gasteiger partial charge in [0.05, 0.1) is 0 Å². The molecule has 0 bridgehead atoms. The molecule has 2 amide bonds. The molecule has 12 heavy (non-hydrogen) atoms. The van der Waals surface area contributed by atoms with Gasteiger partial charge in [-0.3, -0.25) is 0 Å². The Morgan fingerprint density at radius 2 is 2.08 bits per heavy atom. The maximum absolute atomic E-state index is 11.0. The molecule has 3 heteroatoms. The number of hydrogen-bond acceptors (Lipinski definition) is 1. The summed E-state index contributed by atoms with van der Waals surface area (Å²) in [6.45, 7) is 6.99. The van der Waals surface area contributed by atoms with E-state index in [2.05, 4.69) is 13.8 Å². The molecule has 2 N–H and O–H groups in total. The zero-order valence-corrected chi connectivity index (χ0v) is 8.34. The van der Waals surface area contributed by atoms with Crippen molar-refractivity contribution in [1.82, 2.24) is 4.90 Å². The Morgan fingerprint density at radius 1 is 1.50 bits per heavy atom. The van der Waals surface area contributed by atoms with Gasteiger partial charge in [-0.2, -0.15) is 0 Å². The number of nitrogens with zero attached hydrogens (tertiary/aromatic N) is 1. The number of primary amides is 1. The number of nitrogens with two attached hydrogens (primary N) is 1. The van der Waals surface area contributed by atoms with E-state index < -0.39 is 0 Å². The van der Waals surface area contributed by atoms with Crippen LogP contribution in [0.5, 0.6) is 0 Å². The van der Waals surface area contributed by atoms with Crippen LogP contribution in [0.1, 0.15) is 40.0 Å².